The van der Waals surface area contributed by atoms with Gasteiger partial charge in [-0.15, -0.1) is 0 Å². The Balaban J connectivity index is 3.27. The van der Waals surface area contributed by atoms with Crippen LogP contribution in [0.2, 0.25) is 0 Å². The number of anilines is 1. The molecule has 0 heterocycles. The first-order chi connectivity index (χ1) is 17.4. The van der Waals surface area contributed by atoms with E-state index in [4.69, 9.17) is 0 Å². The average molecular weight is 625 g/mol. The number of carbonyl (C=O) groups excluding carboxylic acids is 1. The van der Waals surface area contributed by atoms with Gasteiger partial charge in [0.15, 0.2) is 0 Å². The number of hydrogen-bond donors (Lipinski definition) is 1. The number of alkyl halides is 17. The standard InChI is InChI=1S/C20H16F17NO2/c1-12(2,40-11(39)38-10-6-4-3-5-7-10)8-9-13(21,22)14(23,24)15(25,26)16(27,28)17(29,30)18(31,32)19(33,34)20(35,36)37/h3-7H,8-9H2,1-2H3,(H,38,39). The van der Waals surface area contributed by atoms with Gasteiger partial charge in [-0.25, -0.2) is 4.79 Å². The normalized spacial score (nSPS) is 15.2. The van der Waals surface area contributed by atoms with E-state index in [0.717, 1.165) is 0 Å². The zero-order valence-electron chi connectivity index (χ0n) is 19.5. The molecule has 0 bridgehead atoms. The molecule has 0 saturated heterocycles. The number of benzene rings is 1. The lowest BCUT2D eigenvalue weighted by atomic mass is 9.87. The number of ether oxygens (including phenoxy) is 1. The fourth-order valence-electron chi connectivity index (χ4n) is 2.78. The lowest BCUT2D eigenvalue weighted by Crippen LogP contribution is -2.74. The summed E-state index contributed by atoms with van der Waals surface area (Å²) in [4.78, 5) is 11.8. The summed E-state index contributed by atoms with van der Waals surface area (Å²) in [7, 11) is 0. The van der Waals surface area contributed by atoms with Crippen molar-refractivity contribution in [3.63, 3.8) is 0 Å². The lowest BCUT2D eigenvalue weighted by molar-refractivity contribution is -0.462. The van der Waals surface area contributed by atoms with E-state index in [1.165, 1.54) is 30.3 Å². The van der Waals surface area contributed by atoms with Crippen LogP contribution in [0.5, 0.6) is 0 Å². The molecule has 1 rings (SSSR count). The molecule has 0 aromatic heterocycles. The second-order valence-electron chi connectivity index (χ2n) is 8.79. The summed E-state index contributed by atoms with van der Waals surface area (Å²) < 4.78 is 231. The van der Waals surface area contributed by atoms with Gasteiger partial charge >= 0.3 is 53.7 Å². The van der Waals surface area contributed by atoms with Crippen molar-refractivity contribution >= 4 is 11.8 Å². The SMILES string of the molecule is CC(C)(CCC(F)(F)C(F)(F)C(F)(F)C(F)(F)C(F)(F)C(F)(F)C(F)(F)C(F)(F)F)OC(=O)Nc1ccccc1. The highest BCUT2D eigenvalue weighted by molar-refractivity contribution is 5.84. The molecule has 0 aliphatic heterocycles. The molecule has 40 heavy (non-hydrogen) atoms. The van der Waals surface area contributed by atoms with Crippen LogP contribution in [-0.4, -0.2) is 59.3 Å². The summed E-state index contributed by atoms with van der Waals surface area (Å²) in [5.74, 6) is -56.8. The molecule has 20 heteroatoms. The predicted molar refractivity (Wildman–Crippen MR) is 101 cm³/mol. The van der Waals surface area contributed by atoms with Crippen molar-refractivity contribution < 1.29 is 84.2 Å². The Morgan fingerprint density at radius 3 is 1.38 bits per heavy atom. The molecule has 0 atom stereocenters. The molecule has 1 aromatic rings. The van der Waals surface area contributed by atoms with Crippen LogP contribution in [0.15, 0.2) is 30.3 Å². The number of para-hydroxylation sites is 1. The number of nitrogens with one attached hydrogen (secondary N) is 1. The van der Waals surface area contributed by atoms with Gasteiger partial charge < -0.3 is 4.74 Å². The van der Waals surface area contributed by atoms with Crippen LogP contribution in [0, 0.1) is 0 Å². The zero-order valence-corrected chi connectivity index (χ0v) is 19.5. The Labute approximate surface area is 212 Å². The largest absolute Gasteiger partial charge is 0.460 e. The van der Waals surface area contributed by atoms with E-state index in [1.54, 1.807) is 0 Å². The van der Waals surface area contributed by atoms with E-state index < -0.39 is 72.2 Å². The maximum atomic E-state index is 14.1. The van der Waals surface area contributed by atoms with Gasteiger partial charge in [-0.1, -0.05) is 18.2 Å². The van der Waals surface area contributed by atoms with Crippen molar-refractivity contribution in [2.24, 2.45) is 0 Å². The molecule has 3 nitrogen and oxygen atoms in total. The number of rotatable bonds is 11. The first-order valence-corrected chi connectivity index (χ1v) is 10.2. The average Bonchev–Trinajstić information content (AvgIpc) is 2.76. The van der Waals surface area contributed by atoms with Crippen LogP contribution in [0.1, 0.15) is 26.7 Å². The molecular weight excluding hydrogens is 609 g/mol. The van der Waals surface area contributed by atoms with E-state index >= 15 is 0 Å². The summed E-state index contributed by atoms with van der Waals surface area (Å²) in [6.07, 6.45) is -13.6. The molecule has 0 fully saturated rings. The number of halogens is 17. The van der Waals surface area contributed by atoms with Crippen LogP contribution >= 0.6 is 0 Å². The minimum atomic E-state index is -8.68. The van der Waals surface area contributed by atoms with Crippen molar-refractivity contribution in [3.8, 4) is 0 Å². The van der Waals surface area contributed by atoms with Gasteiger partial charge in [0.25, 0.3) is 0 Å². The third-order valence-electron chi connectivity index (χ3n) is 5.22. The quantitative estimate of drug-likeness (QED) is 0.250. The maximum absolute atomic E-state index is 14.1. The Bertz CT molecular complexity index is 1040. The summed E-state index contributed by atoms with van der Waals surface area (Å²) in [6.45, 7) is 1.40. The Kier molecular flexibility index (Phi) is 9.09. The highest BCUT2D eigenvalue weighted by atomic mass is 19.4. The van der Waals surface area contributed by atoms with Crippen LogP contribution in [0.25, 0.3) is 0 Å². The molecule has 0 saturated carbocycles. The highest BCUT2D eigenvalue weighted by Gasteiger charge is 2.95. The minimum absolute atomic E-state index is 0.0378. The second kappa shape index (κ2) is 10.3. The van der Waals surface area contributed by atoms with Gasteiger partial charge in [-0.3, -0.25) is 5.32 Å². The summed E-state index contributed by atoms with van der Waals surface area (Å²) in [5.41, 5.74) is -2.28. The highest BCUT2D eigenvalue weighted by Crippen LogP contribution is 2.64. The number of carbonyl (C=O) groups is 1. The third-order valence-corrected chi connectivity index (χ3v) is 5.22. The maximum Gasteiger partial charge on any atom is 0.460 e. The smallest absolute Gasteiger partial charge is 0.443 e. The third kappa shape index (κ3) is 5.84. The molecular formula is C20H16F17NO2. The molecule has 1 aromatic carbocycles. The van der Waals surface area contributed by atoms with Gasteiger partial charge in [-0.05, 0) is 32.4 Å². The van der Waals surface area contributed by atoms with Crippen LogP contribution in [-0.2, 0) is 4.74 Å². The summed E-state index contributed by atoms with van der Waals surface area (Å²) >= 11 is 0. The Morgan fingerprint density at radius 2 is 0.975 bits per heavy atom. The molecule has 1 N–H and O–H groups in total. The first-order valence-electron chi connectivity index (χ1n) is 10.2. The first kappa shape index (κ1) is 35.3. The van der Waals surface area contributed by atoms with Crippen LogP contribution in [0.3, 0.4) is 0 Å². The fraction of sp³-hybridized carbons (Fsp3) is 0.650. The van der Waals surface area contributed by atoms with Gasteiger partial charge in [-0.2, -0.15) is 74.6 Å². The van der Waals surface area contributed by atoms with Crippen molar-refractivity contribution in [2.75, 3.05) is 5.32 Å². The Morgan fingerprint density at radius 1 is 0.600 bits per heavy atom. The van der Waals surface area contributed by atoms with E-state index in [2.05, 4.69) is 4.74 Å². The van der Waals surface area contributed by atoms with Crippen molar-refractivity contribution in [3.05, 3.63) is 30.3 Å². The van der Waals surface area contributed by atoms with Crippen molar-refractivity contribution in [1.82, 2.24) is 0 Å². The zero-order chi connectivity index (χ0) is 32.0. The molecule has 0 unspecified atom stereocenters. The van der Waals surface area contributed by atoms with Crippen LogP contribution < -0.4 is 5.32 Å². The minimum Gasteiger partial charge on any atom is -0.443 e. The predicted octanol–water partition coefficient (Wildman–Crippen LogP) is 8.80. The van der Waals surface area contributed by atoms with E-state index in [9.17, 15) is 79.4 Å². The van der Waals surface area contributed by atoms with Gasteiger partial charge in [0, 0.05) is 12.1 Å². The van der Waals surface area contributed by atoms with Gasteiger partial charge in [0.05, 0.1) is 0 Å². The van der Waals surface area contributed by atoms with Gasteiger partial charge in [0.1, 0.15) is 5.60 Å². The molecule has 1 amide bonds. The topological polar surface area (TPSA) is 38.3 Å². The molecule has 232 valence electrons. The van der Waals surface area contributed by atoms with E-state index in [0.29, 0.717) is 13.8 Å². The number of hydrogen-bond acceptors (Lipinski definition) is 2. The summed E-state index contributed by atoms with van der Waals surface area (Å²) in [5, 5.41) is 2.01. The molecule has 0 radical (unpaired) electrons. The number of amides is 1. The molecule has 0 aliphatic carbocycles. The van der Waals surface area contributed by atoms with Crippen LogP contribution in [0.4, 0.5) is 85.1 Å². The van der Waals surface area contributed by atoms with Gasteiger partial charge in [0.2, 0.25) is 0 Å². The monoisotopic (exact) mass is 625 g/mol. The fourth-order valence-corrected chi connectivity index (χ4v) is 2.78. The summed E-state index contributed by atoms with van der Waals surface area (Å²) in [6, 6.07) is 6.82. The molecule has 0 aliphatic rings. The van der Waals surface area contributed by atoms with Crippen molar-refractivity contribution in [1.29, 1.82) is 0 Å². The second-order valence-corrected chi connectivity index (χ2v) is 8.79. The molecule has 0 spiro atoms. The Hall–Kier alpha value is -2.70. The van der Waals surface area contributed by atoms with Crippen molar-refractivity contribution in [2.45, 2.75) is 79.9 Å². The lowest BCUT2D eigenvalue weighted by Gasteiger charge is -2.43. The van der Waals surface area contributed by atoms with E-state index in [-0.39, 0.29) is 5.69 Å². The van der Waals surface area contributed by atoms with E-state index in [1.807, 2.05) is 5.32 Å².